The molecule has 0 saturated carbocycles. The molecule has 31 heavy (non-hydrogen) atoms. The average Bonchev–Trinajstić information content (AvgIpc) is 3.21. The van der Waals surface area contributed by atoms with Crippen LogP contribution in [-0.2, 0) is 26.4 Å². The van der Waals surface area contributed by atoms with E-state index >= 15 is 0 Å². The molecule has 0 bridgehead atoms. The van der Waals surface area contributed by atoms with E-state index in [1.807, 2.05) is 0 Å². The molecule has 0 aliphatic carbocycles. The van der Waals surface area contributed by atoms with Gasteiger partial charge in [-0.3, -0.25) is 0 Å². The Kier molecular flexibility index (Phi) is 17.3. The minimum atomic E-state index is -0.446. The second-order valence-corrected chi connectivity index (χ2v) is 9.15. The first-order chi connectivity index (χ1) is 14.8. The molecule has 3 aromatic carbocycles. The van der Waals surface area contributed by atoms with E-state index in [1.54, 1.807) is 0 Å². The molecule has 0 spiro atoms. The van der Waals surface area contributed by atoms with Crippen molar-refractivity contribution in [2.45, 2.75) is 13.8 Å². The van der Waals surface area contributed by atoms with Gasteiger partial charge in [-0.1, -0.05) is 113 Å². The summed E-state index contributed by atoms with van der Waals surface area (Å²) in [7, 11) is 0.910. The predicted molar refractivity (Wildman–Crippen MR) is 126 cm³/mol. The fourth-order valence-electron chi connectivity index (χ4n) is 2.64. The predicted octanol–water partition coefficient (Wildman–Crippen LogP) is 5.83. The van der Waals surface area contributed by atoms with Gasteiger partial charge >= 0.3 is 22.6 Å². The van der Waals surface area contributed by atoms with Crippen LogP contribution in [0.25, 0.3) is 0 Å². The number of hydrogen-bond acceptors (Lipinski definition) is 0. The zero-order chi connectivity index (χ0) is 22.2. The van der Waals surface area contributed by atoms with Crippen molar-refractivity contribution in [3.63, 3.8) is 0 Å². The Morgan fingerprint density at radius 1 is 0.548 bits per heavy atom. The van der Waals surface area contributed by atoms with Crippen LogP contribution in [0.1, 0.15) is 13.8 Å². The molecule has 5 heteroatoms. The average molecular weight is 484 g/mol. The molecule has 1 saturated heterocycles. The molecule has 0 atom stereocenters. The molecule has 0 amide bonds. The summed E-state index contributed by atoms with van der Waals surface area (Å²) in [6.45, 7) is 13.3. The Balaban J connectivity index is 0.000000633. The molecule has 4 rings (SSSR count). The molecule has 6 radical (unpaired) electrons. The zero-order valence-electron chi connectivity index (χ0n) is 17.4. The Bertz CT molecular complexity index is 747. The second-order valence-electron chi connectivity index (χ2n) is 6.12. The van der Waals surface area contributed by atoms with Crippen LogP contribution < -0.4 is 15.9 Å². The molecule has 1 aliphatic rings. The number of benzene rings is 3. The van der Waals surface area contributed by atoms with E-state index in [1.165, 1.54) is 36.3 Å². The van der Waals surface area contributed by atoms with Crippen molar-refractivity contribution < 1.29 is 26.4 Å². The van der Waals surface area contributed by atoms with E-state index in [0.29, 0.717) is 0 Å². The summed E-state index contributed by atoms with van der Waals surface area (Å²) < 4.78 is 15.0. The van der Waals surface area contributed by atoms with Gasteiger partial charge in [0, 0.05) is 17.1 Å². The van der Waals surface area contributed by atoms with Gasteiger partial charge in [0.15, 0.2) is 0 Å². The van der Waals surface area contributed by atoms with Crippen molar-refractivity contribution in [2.24, 2.45) is 0 Å². The van der Waals surface area contributed by atoms with Crippen LogP contribution in [0.4, 0.5) is 0 Å². The summed E-state index contributed by atoms with van der Waals surface area (Å²) in [6, 6.07) is 32.3. The van der Waals surface area contributed by atoms with E-state index < -0.39 is 7.92 Å². The Hall–Kier alpha value is -1.48. The van der Waals surface area contributed by atoms with Gasteiger partial charge in [0.05, 0.1) is 0 Å². The molecule has 1 fully saturated rings. The van der Waals surface area contributed by atoms with E-state index in [-0.39, 0.29) is 17.1 Å². The Labute approximate surface area is 200 Å². The topological polar surface area (TPSA) is 39.8 Å². The second kappa shape index (κ2) is 18.1. The van der Waals surface area contributed by atoms with Gasteiger partial charge in [-0.2, -0.15) is 0 Å². The molecular formula is C26H23MnO2P2. The molecule has 3 aromatic rings. The number of rotatable bonds is 3. The van der Waals surface area contributed by atoms with Gasteiger partial charge in [-0.15, -0.1) is 0 Å². The van der Waals surface area contributed by atoms with Gasteiger partial charge in [0.25, 0.3) is 0 Å². The quantitative estimate of drug-likeness (QED) is 0.194. The minimum absolute atomic E-state index is 0. The summed E-state index contributed by atoms with van der Waals surface area (Å²) in [6.07, 6.45) is 4.44. The summed E-state index contributed by atoms with van der Waals surface area (Å²) >= 11 is 0. The Morgan fingerprint density at radius 3 is 1.00 bits per heavy atom. The molecule has 156 valence electrons. The zero-order valence-corrected chi connectivity index (χ0v) is 20.4. The molecule has 1 aliphatic heterocycles. The maximum absolute atomic E-state index is 7.50. The van der Waals surface area contributed by atoms with Crippen LogP contribution in [0.2, 0.25) is 0 Å². The molecule has 0 N–H and O–H groups in total. The van der Waals surface area contributed by atoms with E-state index in [0.717, 1.165) is 0 Å². The third-order valence-corrected chi connectivity index (χ3v) is 7.72. The maximum Gasteiger partial charge on any atom is 0 e. The fraction of sp³-hybridized carbons (Fsp3) is 0.0769. The third-order valence-electron chi connectivity index (χ3n) is 4.20. The summed E-state index contributed by atoms with van der Waals surface area (Å²) in [5.74, 6) is 2.86. The normalized spacial score (nSPS) is 12.6. The monoisotopic (exact) mass is 484 g/mol. The SMILES string of the molecule is C[C]1[CH][P][CH][C]1C.[C-]#[O+].[C-]#[O+].[Mn].c1ccc(P(c2ccccc2)c2ccccc2)cc1. The summed E-state index contributed by atoms with van der Waals surface area (Å²) in [5.41, 5.74) is 0. The van der Waals surface area contributed by atoms with E-state index in [9.17, 15) is 0 Å². The van der Waals surface area contributed by atoms with Crippen LogP contribution >= 0.6 is 16.5 Å². The van der Waals surface area contributed by atoms with Gasteiger partial charge < -0.3 is 0 Å². The fourth-order valence-corrected chi connectivity index (χ4v) is 5.88. The van der Waals surface area contributed by atoms with Crippen LogP contribution in [0, 0.1) is 37.5 Å². The Morgan fingerprint density at radius 2 is 0.806 bits per heavy atom. The first-order valence-electron chi connectivity index (χ1n) is 9.15. The summed E-state index contributed by atoms with van der Waals surface area (Å²) in [5, 5.41) is 4.19. The molecule has 1 heterocycles. The van der Waals surface area contributed by atoms with Crippen LogP contribution in [-0.4, -0.2) is 0 Å². The van der Waals surface area contributed by atoms with Gasteiger partial charge in [-0.05, 0) is 48.0 Å². The first kappa shape index (κ1) is 29.5. The van der Waals surface area contributed by atoms with Crippen molar-refractivity contribution in [3.05, 3.63) is 128 Å². The van der Waals surface area contributed by atoms with E-state index in [2.05, 4.69) is 130 Å². The van der Waals surface area contributed by atoms with Crippen molar-refractivity contribution in [2.75, 3.05) is 0 Å². The largest absolute Gasteiger partial charge is 0.0622 e. The van der Waals surface area contributed by atoms with Gasteiger partial charge in [0.2, 0.25) is 0 Å². The van der Waals surface area contributed by atoms with Crippen LogP contribution in [0.5, 0.6) is 0 Å². The van der Waals surface area contributed by atoms with Crippen LogP contribution in [0.3, 0.4) is 0 Å². The maximum atomic E-state index is 7.50. The third kappa shape index (κ3) is 10.1. The smallest absolute Gasteiger partial charge is 0 e. The molecule has 2 nitrogen and oxygen atoms in total. The van der Waals surface area contributed by atoms with Crippen molar-refractivity contribution in [1.82, 2.24) is 0 Å². The molecule has 0 aromatic heterocycles. The van der Waals surface area contributed by atoms with Crippen molar-refractivity contribution in [1.29, 1.82) is 0 Å². The van der Waals surface area contributed by atoms with Gasteiger partial charge in [0.1, 0.15) is 0 Å². The van der Waals surface area contributed by atoms with Gasteiger partial charge in [-0.25, -0.2) is 0 Å². The van der Waals surface area contributed by atoms with Crippen LogP contribution in [0.15, 0.2) is 91.0 Å². The van der Waals surface area contributed by atoms with Crippen molar-refractivity contribution >= 4 is 32.4 Å². The first-order valence-corrected chi connectivity index (χ1v) is 11.5. The van der Waals surface area contributed by atoms with Crippen molar-refractivity contribution in [3.8, 4) is 0 Å². The summed E-state index contributed by atoms with van der Waals surface area (Å²) in [4.78, 5) is 0. The number of hydrogen-bond donors (Lipinski definition) is 0. The van der Waals surface area contributed by atoms with E-state index in [4.69, 9.17) is 9.30 Å². The molecular weight excluding hydrogens is 461 g/mol. The minimum Gasteiger partial charge on any atom is -0.0622 e. The molecule has 0 unspecified atom stereocenters. The standard InChI is InChI=1S/C18H15P.C6H8P.2CO.Mn/c1-4-10-16(11-5-1)19(17-12-6-2-7-13-17)18-14-8-3-9-15-18;1-5-3-7-4-6(5)2;2*1-2;/h1-15H;3-4H,1-2H3;;;.